The highest BCUT2D eigenvalue weighted by Crippen LogP contribution is 2.41. The van der Waals surface area contributed by atoms with Crippen molar-refractivity contribution in [2.24, 2.45) is 0 Å². The average Bonchev–Trinajstić information content (AvgIpc) is 2.43. The number of hydrogen-bond donors (Lipinski definition) is 0. The molecule has 2 atom stereocenters. The minimum atomic E-state index is -1.30. The number of rotatable bonds is 2. The van der Waals surface area contributed by atoms with Crippen LogP contribution < -0.4 is 0 Å². The third-order valence-electron chi connectivity index (χ3n) is 3.73. The standard InChI is InChI=1S/C15H18O3S/c1-11-9-15(14(16)18-3,19(17)10-12(11)2)13-7-5-4-6-8-13/h4-8H,9-10H2,1-3H3/t15-,19-/m0/s1. The Labute approximate surface area is 116 Å². The Balaban J connectivity index is 2.61. The molecule has 0 spiro atoms. The minimum absolute atomic E-state index is 0.413. The maximum Gasteiger partial charge on any atom is 0.329 e. The van der Waals surface area contributed by atoms with Gasteiger partial charge in [-0.3, -0.25) is 9.00 Å². The summed E-state index contributed by atoms with van der Waals surface area (Å²) in [4.78, 5) is 12.3. The maximum absolute atomic E-state index is 12.6. The fourth-order valence-corrected chi connectivity index (χ4v) is 4.37. The summed E-state index contributed by atoms with van der Waals surface area (Å²) in [6.45, 7) is 3.96. The average molecular weight is 278 g/mol. The van der Waals surface area contributed by atoms with E-state index in [0.29, 0.717) is 12.2 Å². The molecular weight excluding hydrogens is 260 g/mol. The van der Waals surface area contributed by atoms with Crippen molar-refractivity contribution >= 4 is 16.8 Å². The van der Waals surface area contributed by atoms with E-state index in [1.54, 1.807) is 0 Å². The second kappa shape index (κ2) is 5.29. The largest absolute Gasteiger partial charge is 0.468 e. The van der Waals surface area contributed by atoms with Crippen LogP contribution in [-0.2, 0) is 25.1 Å². The lowest BCUT2D eigenvalue weighted by atomic mass is 9.89. The van der Waals surface area contributed by atoms with Gasteiger partial charge in [0.2, 0.25) is 0 Å². The third kappa shape index (κ3) is 2.25. The van der Waals surface area contributed by atoms with Gasteiger partial charge in [-0.1, -0.05) is 41.5 Å². The molecule has 3 nitrogen and oxygen atoms in total. The van der Waals surface area contributed by atoms with E-state index >= 15 is 0 Å². The highest BCUT2D eigenvalue weighted by molar-refractivity contribution is 7.87. The van der Waals surface area contributed by atoms with Crippen LogP contribution in [0.4, 0.5) is 0 Å². The van der Waals surface area contributed by atoms with Crippen molar-refractivity contribution in [3.05, 3.63) is 47.0 Å². The Hall–Kier alpha value is -1.42. The van der Waals surface area contributed by atoms with Crippen molar-refractivity contribution in [2.45, 2.75) is 25.0 Å². The summed E-state index contributed by atoms with van der Waals surface area (Å²) in [5.41, 5.74) is 3.00. The number of allylic oxidation sites excluding steroid dienone is 1. The van der Waals surface area contributed by atoms with Gasteiger partial charge in [-0.05, 0) is 19.4 Å². The molecule has 1 aromatic carbocycles. The Morgan fingerprint density at radius 3 is 2.42 bits per heavy atom. The van der Waals surface area contributed by atoms with Crippen LogP contribution in [-0.4, -0.2) is 23.0 Å². The quantitative estimate of drug-likeness (QED) is 0.617. The molecule has 1 aliphatic rings. The number of carbonyl (C=O) groups is 1. The second-order valence-corrected chi connectivity index (χ2v) is 6.59. The number of esters is 1. The summed E-state index contributed by atoms with van der Waals surface area (Å²) in [5, 5.41) is 0. The third-order valence-corrected chi connectivity index (χ3v) is 5.75. The summed E-state index contributed by atoms with van der Waals surface area (Å²) < 4.78 is 16.5. The number of ether oxygens (including phenoxy) is 1. The first kappa shape index (κ1) is 14.0. The lowest BCUT2D eigenvalue weighted by Crippen LogP contribution is -2.45. The van der Waals surface area contributed by atoms with Gasteiger partial charge in [0.25, 0.3) is 0 Å². The maximum atomic E-state index is 12.6. The Kier molecular flexibility index (Phi) is 3.90. The molecule has 1 aliphatic heterocycles. The lowest BCUT2D eigenvalue weighted by molar-refractivity contribution is -0.144. The zero-order chi connectivity index (χ0) is 14.0. The molecule has 0 N–H and O–H groups in total. The topological polar surface area (TPSA) is 43.4 Å². The molecule has 1 aromatic rings. The molecule has 4 heteroatoms. The van der Waals surface area contributed by atoms with E-state index in [9.17, 15) is 9.00 Å². The van der Waals surface area contributed by atoms with Crippen LogP contribution in [0.2, 0.25) is 0 Å². The van der Waals surface area contributed by atoms with Crippen LogP contribution in [0, 0.1) is 0 Å². The van der Waals surface area contributed by atoms with Gasteiger partial charge in [0, 0.05) is 23.0 Å². The van der Waals surface area contributed by atoms with Crippen molar-refractivity contribution < 1.29 is 13.7 Å². The van der Waals surface area contributed by atoms with Crippen molar-refractivity contribution in [1.82, 2.24) is 0 Å². The van der Waals surface area contributed by atoms with Gasteiger partial charge in [-0.15, -0.1) is 0 Å². The molecule has 0 unspecified atom stereocenters. The summed E-state index contributed by atoms with van der Waals surface area (Å²) in [7, 11) is 0.0512. The molecule has 0 saturated carbocycles. The first-order valence-corrected chi connectivity index (χ1v) is 7.52. The summed E-state index contributed by atoms with van der Waals surface area (Å²) >= 11 is 0. The molecule has 0 radical (unpaired) electrons. The fraction of sp³-hybridized carbons (Fsp3) is 0.400. The zero-order valence-electron chi connectivity index (χ0n) is 11.4. The van der Waals surface area contributed by atoms with Crippen LogP contribution in [0.1, 0.15) is 25.8 Å². The molecule has 0 amide bonds. The SMILES string of the molecule is COC(=O)[C@@]1(c2ccccc2)CC(C)=C(C)C[S@@]1=O. The van der Waals surface area contributed by atoms with E-state index < -0.39 is 21.5 Å². The zero-order valence-corrected chi connectivity index (χ0v) is 12.3. The Morgan fingerprint density at radius 2 is 1.84 bits per heavy atom. The van der Waals surface area contributed by atoms with Gasteiger partial charge in [0.15, 0.2) is 4.75 Å². The number of carbonyl (C=O) groups excluding carboxylic acids is 1. The van der Waals surface area contributed by atoms with E-state index in [4.69, 9.17) is 4.74 Å². The van der Waals surface area contributed by atoms with Gasteiger partial charge >= 0.3 is 5.97 Å². The normalized spacial score (nSPS) is 27.2. The predicted molar refractivity (Wildman–Crippen MR) is 76.1 cm³/mol. The van der Waals surface area contributed by atoms with Gasteiger partial charge in [0.1, 0.15) is 0 Å². The molecule has 0 saturated heterocycles. The number of methoxy groups -OCH3 is 1. The van der Waals surface area contributed by atoms with Crippen LogP contribution in [0.15, 0.2) is 41.5 Å². The van der Waals surface area contributed by atoms with E-state index in [1.165, 1.54) is 7.11 Å². The molecule has 0 aromatic heterocycles. The molecule has 1 heterocycles. The Bertz CT molecular complexity index is 548. The van der Waals surface area contributed by atoms with Crippen LogP contribution >= 0.6 is 0 Å². The van der Waals surface area contributed by atoms with E-state index in [0.717, 1.165) is 16.7 Å². The van der Waals surface area contributed by atoms with E-state index in [1.807, 2.05) is 44.2 Å². The lowest BCUT2D eigenvalue weighted by Gasteiger charge is -2.35. The predicted octanol–water partition coefficient (Wildman–Crippen LogP) is 2.54. The van der Waals surface area contributed by atoms with E-state index in [2.05, 4.69) is 0 Å². The smallest absolute Gasteiger partial charge is 0.329 e. The highest BCUT2D eigenvalue weighted by Gasteiger charge is 2.49. The number of hydrogen-bond acceptors (Lipinski definition) is 3. The molecule has 0 fully saturated rings. The van der Waals surface area contributed by atoms with Crippen molar-refractivity contribution in [3.8, 4) is 0 Å². The molecule has 2 rings (SSSR count). The fourth-order valence-electron chi connectivity index (χ4n) is 2.44. The van der Waals surface area contributed by atoms with E-state index in [-0.39, 0.29) is 0 Å². The molecule has 19 heavy (non-hydrogen) atoms. The van der Waals surface area contributed by atoms with Crippen molar-refractivity contribution in [1.29, 1.82) is 0 Å². The minimum Gasteiger partial charge on any atom is -0.468 e. The molecule has 0 bridgehead atoms. The second-order valence-electron chi connectivity index (χ2n) is 4.91. The monoisotopic (exact) mass is 278 g/mol. The molecule has 0 aliphatic carbocycles. The van der Waals surface area contributed by atoms with Gasteiger partial charge in [-0.2, -0.15) is 0 Å². The Morgan fingerprint density at radius 1 is 1.21 bits per heavy atom. The molecule has 102 valence electrons. The first-order valence-electron chi connectivity index (χ1n) is 6.20. The van der Waals surface area contributed by atoms with Crippen LogP contribution in [0.5, 0.6) is 0 Å². The van der Waals surface area contributed by atoms with Gasteiger partial charge in [0.05, 0.1) is 7.11 Å². The van der Waals surface area contributed by atoms with Crippen molar-refractivity contribution in [2.75, 3.05) is 12.9 Å². The van der Waals surface area contributed by atoms with Crippen LogP contribution in [0.25, 0.3) is 0 Å². The van der Waals surface area contributed by atoms with Crippen LogP contribution in [0.3, 0.4) is 0 Å². The van der Waals surface area contributed by atoms with Gasteiger partial charge in [-0.25, -0.2) is 0 Å². The number of benzene rings is 1. The summed E-state index contributed by atoms with van der Waals surface area (Å²) in [5.74, 6) is 0.0133. The summed E-state index contributed by atoms with van der Waals surface area (Å²) in [6.07, 6.45) is 0.460. The summed E-state index contributed by atoms with van der Waals surface area (Å²) in [6, 6.07) is 9.30. The van der Waals surface area contributed by atoms with Gasteiger partial charge < -0.3 is 4.74 Å². The first-order chi connectivity index (χ1) is 9.02. The highest BCUT2D eigenvalue weighted by atomic mass is 32.2. The molecular formula is C15H18O3S. The van der Waals surface area contributed by atoms with Crippen molar-refractivity contribution in [3.63, 3.8) is 0 Å².